The first-order chi connectivity index (χ1) is 10.0. The Kier molecular flexibility index (Phi) is 3.62. The molecule has 2 aliphatic rings. The fraction of sp³-hybridized carbons (Fsp3) is 0.647. The number of aromatic nitrogens is 1. The number of piperidine rings is 1. The maximum atomic E-state index is 10.8. The molecule has 1 saturated heterocycles. The fourth-order valence-corrected chi connectivity index (χ4v) is 3.78. The van der Waals surface area contributed by atoms with Crippen LogP contribution in [0.5, 0.6) is 0 Å². The lowest BCUT2D eigenvalue weighted by Gasteiger charge is -2.47. The monoisotopic (exact) mass is 285 g/mol. The first-order valence-electron chi connectivity index (χ1n) is 7.89. The van der Waals surface area contributed by atoms with Crippen molar-refractivity contribution in [2.24, 2.45) is 5.92 Å². The van der Waals surface area contributed by atoms with Crippen LogP contribution in [0.3, 0.4) is 0 Å². The second kappa shape index (κ2) is 5.31. The Morgan fingerprint density at radius 2 is 2.19 bits per heavy atom. The lowest BCUT2D eigenvalue weighted by atomic mass is 9.71. The molecular weight excluding hydrogens is 262 g/mol. The molecular formula is C17H23N3O. The molecule has 21 heavy (non-hydrogen) atoms. The summed E-state index contributed by atoms with van der Waals surface area (Å²) in [5.74, 6) is 1.11. The summed E-state index contributed by atoms with van der Waals surface area (Å²) in [5.41, 5.74) is 2.20. The molecule has 112 valence electrons. The normalized spacial score (nSPS) is 28.9. The average molecular weight is 285 g/mol. The van der Waals surface area contributed by atoms with Gasteiger partial charge in [0.1, 0.15) is 11.9 Å². The van der Waals surface area contributed by atoms with Crippen LogP contribution >= 0.6 is 0 Å². The van der Waals surface area contributed by atoms with E-state index in [9.17, 15) is 10.4 Å². The Labute approximate surface area is 126 Å². The summed E-state index contributed by atoms with van der Waals surface area (Å²) in [6.07, 6.45) is 5.14. The summed E-state index contributed by atoms with van der Waals surface area (Å²) >= 11 is 0. The van der Waals surface area contributed by atoms with Gasteiger partial charge >= 0.3 is 0 Å². The predicted molar refractivity (Wildman–Crippen MR) is 82.2 cm³/mol. The van der Waals surface area contributed by atoms with Crippen molar-refractivity contribution >= 4 is 5.82 Å². The molecule has 0 spiro atoms. The van der Waals surface area contributed by atoms with E-state index in [0.717, 1.165) is 55.8 Å². The second-order valence-electron chi connectivity index (χ2n) is 6.62. The van der Waals surface area contributed by atoms with Crippen LogP contribution in [0, 0.1) is 31.1 Å². The van der Waals surface area contributed by atoms with Crippen molar-refractivity contribution in [3.8, 4) is 6.07 Å². The van der Waals surface area contributed by atoms with Gasteiger partial charge in [0.25, 0.3) is 0 Å². The number of fused-ring (bicyclic) bond motifs is 1. The molecule has 1 aliphatic heterocycles. The van der Waals surface area contributed by atoms with Gasteiger partial charge in [0.2, 0.25) is 0 Å². The highest BCUT2D eigenvalue weighted by Crippen LogP contribution is 2.41. The molecule has 0 unspecified atom stereocenters. The van der Waals surface area contributed by atoms with Crippen LogP contribution in [0.1, 0.15) is 48.9 Å². The molecule has 1 aliphatic carbocycles. The molecule has 3 rings (SSSR count). The van der Waals surface area contributed by atoms with Gasteiger partial charge in [-0.2, -0.15) is 5.26 Å². The van der Waals surface area contributed by atoms with Gasteiger partial charge in [-0.1, -0.05) is 12.8 Å². The molecule has 4 heteroatoms. The molecule has 1 aromatic heterocycles. The third-order valence-corrected chi connectivity index (χ3v) is 5.29. The quantitative estimate of drug-likeness (QED) is 0.862. The van der Waals surface area contributed by atoms with E-state index in [0.29, 0.717) is 11.5 Å². The molecule has 1 N–H and O–H groups in total. The number of anilines is 1. The van der Waals surface area contributed by atoms with Crippen molar-refractivity contribution in [2.75, 3.05) is 18.0 Å². The number of hydrogen-bond acceptors (Lipinski definition) is 4. The Hall–Kier alpha value is -1.60. The van der Waals surface area contributed by atoms with Gasteiger partial charge in [-0.25, -0.2) is 4.98 Å². The van der Waals surface area contributed by atoms with Gasteiger partial charge in [-0.15, -0.1) is 0 Å². The minimum Gasteiger partial charge on any atom is -0.389 e. The zero-order valence-electron chi connectivity index (χ0n) is 12.9. The van der Waals surface area contributed by atoms with Crippen molar-refractivity contribution in [3.05, 3.63) is 22.9 Å². The average Bonchev–Trinajstić information content (AvgIpc) is 2.48. The maximum Gasteiger partial charge on any atom is 0.146 e. The maximum absolute atomic E-state index is 10.8. The van der Waals surface area contributed by atoms with Crippen molar-refractivity contribution < 1.29 is 5.11 Å². The van der Waals surface area contributed by atoms with E-state index in [-0.39, 0.29) is 0 Å². The standard InChI is InChI=1S/C17H23N3O/c1-12-9-14(10-18)16(19-13(12)2)20-8-7-17(21)6-4-3-5-15(17)11-20/h9,15,21H,3-8,11H2,1-2H3/t15-,17-/m0/s1. The summed E-state index contributed by atoms with van der Waals surface area (Å²) in [6, 6.07) is 4.21. The number of aryl methyl sites for hydroxylation is 2. The van der Waals surface area contributed by atoms with Gasteiger partial charge in [-0.05, 0) is 44.7 Å². The van der Waals surface area contributed by atoms with Gasteiger partial charge < -0.3 is 10.0 Å². The smallest absolute Gasteiger partial charge is 0.146 e. The van der Waals surface area contributed by atoms with Crippen LogP contribution in [0.25, 0.3) is 0 Å². The van der Waals surface area contributed by atoms with E-state index in [1.54, 1.807) is 0 Å². The SMILES string of the molecule is Cc1cc(C#N)c(N2CC[C@@]3(O)CCCC[C@H]3C2)nc1C. The zero-order chi connectivity index (χ0) is 15.0. The van der Waals surface area contributed by atoms with E-state index in [4.69, 9.17) is 0 Å². The third-order valence-electron chi connectivity index (χ3n) is 5.29. The van der Waals surface area contributed by atoms with Crippen LogP contribution in [0.2, 0.25) is 0 Å². The predicted octanol–water partition coefficient (Wildman–Crippen LogP) is 2.70. The number of rotatable bonds is 1. The highest BCUT2D eigenvalue weighted by atomic mass is 16.3. The Bertz CT molecular complexity index is 592. The topological polar surface area (TPSA) is 60.2 Å². The number of nitriles is 1. The summed E-state index contributed by atoms with van der Waals surface area (Å²) in [7, 11) is 0. The molecule has 2 atom stereocenters. The van der Waals surface area contributed by atoms with Crippen molar-refractivity contribution in [1.82, 2.24) is 4.98 Å². The number of nitrogens with zero attached hydrogens (tertiary/aromatic N) is 3. The Balaban J connectivity index is 1.89. The summed E-state index contributed by atoms with van der Waals surface area (Å²) in [5, 5.41) is 20.2. The summed E-state index contributed by atoms with van der Waals surface area (Å²) in [6.45, 7) is 5.59. The molecule has 1 saturated carbocycles. The number of aliphatic hydroxyl groups is 1. The zero-order valence-corrected chi connectivity index (χ0v) is 12.9. The van der Waals surface area contributed by atoms with Crippen molar-refractivity contribution in [2.45, 2.75) is 51.6 Å². The number of pyridine rings is 1. The van der Waals surface area contributed by atoms with Crippen LogP contribution in [0.15, 0.2) is 6.07 Å². The highest BCUT2D eigenvalue weighted by molar-refractivity contribution is 5.56. The lowest BCUT2D eigenvalue weighted by Crippen LogP contribution is -2.53. The van der Waals surface area contributed by atoms with Gasteiger partial charge in [0, 0.05) is 24.7 Å². The summed E-state index contributed by atoms with van der Waals surface area (Å²) < 4.78 is 0. The molecule has 2 fully saturated rings. The van der Waals surface area contributed by atoms with E-state index in [1.165, 1.54) is 6.42 Å². The van der Waals surface area contributed by atoms with Gasteiger partial charge in [-0.3, -0.25) is 0 Å². The highest BCUT2D eigenvalue weighted by Gasteiger charge is 2.43. The first kappa shape index (κ1) is 14.3. The van der Waals surface area contributed by atoms with Crippen LogP contribution in [0.4, 0.5) is 5.82 Å². The Morgan fingerprint density at radius 1 is 1.38 bits per heavy atom. The Morgan fingerprint density at radius 3 is 2.95 bits per heavy atom. The largest absolute Gasteiger partial charge is 0.389 e. The summed E-state index contributed by atoms with van der Waals surface area (Å²) in [4.78, 5) is 6.85. The van der Waals surface area contributed by atoms with Gasteiger partial charge in [0.15, 0.2) is 0 Å². The lowest BCUT2D eigenvalue weighted by molar-refractivity contribution is -0.0613. The second-order valence-corrected chi connectivity index (χ2v) is 6.62. The van der Waals surface area contributed by atoms with E-state index in [1.807, 2.05) is 19.9 Å². The molecule has 0 bridgehead atoms. The molecule has 0 aromatic carbocycles. The molecule has 1 aromatic rings. The fourth-order valence-electron chi connectivity index (χ4n) is 3.78. The molecule has 2 heterocycles. The first-order valence-corrected chi connectivity index (χ1v) is 7.89. The van der Waals surface area contributed by atoms with Crippen LogP contribution in [-0.2, 0) is 0 Å². The van der Waals surface area contributed by atoms with Crippen LogP contribution < -0.4 is 4.90 Å². The van der Waals surface area contributed by atoms with Crippen molar-refractivity contribution in [3.63, 3.8) is 0 Å². The van der Waals surface area contributed by atoms with Crippen molar-refractivity contribution in [1.29, 1.82) is 5.26 Å². The number of hydrogen-bond donors (Lipinski definition) is 1. The minimum atomic E-state index is -0.485. The van der Waals surface area contributed by atoms with E-state index < -0.39 is 5.60 Å². The van der Waals surface area contributed by atoms with E-state index >= 15 is 0 Å². The van der Waals surface area contributed by atoms with Crippen LogP contribution in [-0.4, -0.2) is 28.8 Å². The minimum absolute atomic E-state index is 0.315. The van der Waals surface area contributed by atoms with E-state index in [2.05, 4.69) is 16.0 Å². The van der Waals surface area contributed by atoms with Gasteiger partial charge in [0.05, 0.1) is 11.2 Å². The molecule has 0 radical (unpaired) electrons. The third kappa shape index (κ3) is 2.51. The molecule has 0 amide bonds. The molecule has 4 nitrogen and oxygen atoms in total.